The van der Waals surface area contributed by atoms with Gasteiger partial charge in [-0.3, -0.25) is 4.79 Å². The number of carbonyl (C=O) groups excluding carboxylic acids is 1. The maximum Gasteiger partial charge on any atom is 0.417 e. The van der Waals surface area contributed by atoms with Gasteiger partial charge < -0.3 is 15.0 Å². The molecule has 0 aliphatic rings. The van der Waals surface area contributed by atoms with Crippen LogP contribution in [-0.2, 0) is 17.5 Å². The van der Waals surface area contributed by atoms with Crippen molar-refractivity contribution < 1.29 is 27.5 Å². The summed E-state index contributed by atoms with van der Waals surface area (Å²) in [6.45, 7) is -0.266. The van der Waals surface area contributed by atoms with Gasteiger partial charge in [-0.05, 0) is 24.3 Å². The Hall–Kier alpha value is -2.86. The molecule has 1 heterocycles. The van der Waals surface area contributed by atoms with Gasteiger partial charge in [0.2, 0.25) is 0 Å². The Morgan fingerprint density at radius 1 is 1.38 bits per heavy atom. The Labute approximate surface area is 133 Å². The smallest absolute Gasteiger partial charge is 0.381 e. The maximum atomic E-state index is 12.8. The summed E-state index contributed by atoms with van der Waals surface area (Å²) in [7, 11) is 0. The molecule has 1 atom stereocenters. The fourth-order valence-electron chi connectivity index (χ4n) is 1.99. The minimum Gasteiger partial charge on any atom is -0.381 e. The van der Waals surface area contributed by atoms with E-state index in [1.807, 2.05) is 0 Å². The maximum absolute atomic E-state index is 12.8. The van der Waals surface area contributed by atoms with Crippen molar-refractivity contribution in [2.75, 3.05) is 5.32 Å². The van der Waals surface area contributed by atoms with Crippen LogP contribution in [0.25, 0.3) is 0 Å². The molecule has 126 valence electrons. The van der Waals surface area contributed by atoms with Crippen molar-refractivity contribution in [3.63, 3.8) is 0 Å². The topological polar surface area (TPSA) is 78.1 Å². The highest BCUT2D eigenvalue weighted by molar-refractivity contribution is 5.94. The lowest BCUT2D eigenvalue weighted by Gasteiger charge is -2.14. The molecule has 1 aromatic heterocycles. The minimum absolute atomic E-state index is 0.218. The van der Waals surface area contributed by atoms with Crippen LogP contribution in [0.5, 0.6) is 0 Å². The van der Waals surface area contributed by atoms with E-state index in [-0.39, 0.29) is 12.2 Å². The monoisotopic (exact) mass is 341 g/mol. The molecule has 2 N–H and O–H groups in total. The van der Waals surface area contributed by atoms with Crippen LogP contribution >= 0.6 is 0 Å². The van der Waals surface area contributed by atoms with E-state index >= 15 is 0 Å². The van der Waals surface area contributed by atoms with Crippen LogP contribution in [0.3, 0.4) is 0 Å². The first kappa shape index (κ1) is 17.5. The normalized spacial score (nSPS) is 12.5. The number of nitriles is 1. The number of benzene rings is 1. The molecular formula is C15H11F4N3O2. The lowest BCUT2D eigenvalue weighted by Crippen LogP contribution is -2.31. The lowest BCUT2D eigenvalue weighted by atomic mass is 10.1. The van der Waals surface area contributed by atoms with E-state index in [9.17, 15) is 27.5 Å². The van der Waals surface area contributed by atoms with Gasteiger partial charge in [0.1, 0.15) is 5.82 Å². The van der Waals surface area contributed by atoms with Gasteiger partial charge >= 0.3 is 6.18 Å². The number of aliphatic hydroxyl groups excluding tert-OH is 1. The second kappa shape index (κ2) is 6.72. The summed E-state index contributed by atoms with van der Waals surface area (Å²) in [5.74, 6) is -1.51. The number of anilines is 1. The van der Waals surface area contributed by atoms with Crippen LogP contribution in [0.15, 0.2) is 36.7 Å². The van der Waals surface area contributed by atoms with Crippen molar-refractivity contribution in [1.82, 2.24) is 4.57 Å². The minimum atomic E-state index is -4.76. The van der Waals surface area contributed by atoms with Gasteiger partial charge in [0.25, 0.3) is 5.91 Å². The number of amides is 1. The molecule has 0 saturated carbocycles. The number of rotatable bonds is 4. The fourth-order valence-corrected chi connectivity index (χ4v) is 1.99. The van der Waals surface area contributed by atoms with Crippen LogP contribution in [-0.4, -0.2) is 21.7 Å². The number of alkyl halides is 3. The zero-order valence-corrected chi connectivity index (χ0v) is 12.0. The first-order chi connectivity index (χ1) is 11.2. The zero-order chi connectivity index (χ0) is 17.9. The van der Waals surface area contributed by atoms with Crippen LogP contribution in [0.4, 0.5) is 23.2 Å². The molecule has 1 aromatic carbocycles. The fraction of sp³-hybridized carbons (Fsp3) is 0.200. The van der Waals surface area contributed by atoms with Gasteiger partial charge in [0.15, 0.2) is 6.10 Å². The number of nitrogens with one attached hydrogen (secondary N) is 1. The predicted molar refractivity (Wildman–Crippen MR) is 75.2 cm³/mol. The molecule has 0 radical (unpaired) electrons. The van der Waals surface area contributed by atoms with Gasteiger partial charge in [-0.15, -0.1) is 0 Å². The second-order valence-corrected chi connectivity index (χ2v) is 4.90. The van der Waals surface area contributed by atoms with Gasteiger partial charge in [0.05, 0.1) is 23.7 Å². The summed E-state index contributed by atoms with van der Waals surface area (Å²) >= 11 is 0. The first-order valence-electron chi connectivity index (χ1n) is 6.62. The van der Waals surface area contributed by atoms with Crippen molar-refractivity contribution in [3.05, 3.63) is 53.6 Å². The highest BCUT2D eigenvalue weighted by Crippen LogP contribution is 2.33. The molecule has 2 rings (SSSR count). The van der Waals surface area contributed by atoms with Gasteiger partial charge in [0, 0.05) is 18.1 Å². The Morgan fingerprint density at radius 2 is 2.08 bits per heavy atom. The summed E-state index contributed by atoms with van der Waals surface area (Å²) in [6.07, 6.45) is -4.00. The van der Waals surface area contributed by atoms with E-state index in [0.29, 0.717) is 6.07 Å². The van der Waals surface area contributed by atoms with Gasteiger partial charge in [-0.1, -0.05) is 0 Å². The number of hydrogen-bond donors (Lipinski definition) is 2. The number of nitrogens with zero attached hydrogens (tertiary/aromatic N) is 2. The van der Waals surface area contributed by atoms with E-state index in [2.05, 4.69) is 5.32 Å². The van der Waals surface area contributed by atoms with Crippen molar-refractivity contribution in [1.29, 1.82) is 5.26 Å². The molecule has 2 aromatic rings. The van der Waals surface area contributed by atoms with E-state index in [1.165, 1.54) is 16.8 Å². The molecule has 9 heteroatoms. The highest BCUT2D eigenvalue weighted by Gasteiger charge is 2.34. The Morgan fingerprint density at radius 3 is 2.62 bits per heavy atom. The van der Waals surface area contributed by atoms with Crippen LogP contribution in [0.2, 0.25) is 0 Å². The number of aromatic nitrogens is 1. The van der Waals surface area contributed by atoms with E-state index in [0.717, 1.165) is 24.4 Å². The second-order valence-electron chi connectivity index (χ2n) is 4.90. The summed E-state index contributed by atoms with van der Waals surface area (Å²) in [6, 6.07) is 5.20. The number of aliphatic hydroxyl groups is 1. The van der Waals surface area contributed by atoms with Crippen LogP contribution in [0, 0.1) is 17.1 Å². The molecule has 24 heavy (non-hydrogen) atoms. The zero-order valence-electron chi connectivity index (χ0n) is 12.0. The molecular weight excluding hydrogens is 330 g/mol. The quantitative estimate of drug-likeness (QED) is 0.839. The number of hydrogen-bond acceptors (Lipinski definition) is 3. The molecule has 0 unspecified atom stereocenters. The SMILES string of the molecule is N#Cc1ccc(NC(=O)[C@@H](O)Cn2ccc(F)c2)cc1C(F)(F)F. The Kier molecular flexibility index (Phi) is 4.90. The number of carbonyl (C=O) groups is 1. The average Bonchev–Trinajstić information content (AvgIpc) is 2.91. The van der Waals surface area contributed by atoms with Crippen molar-refractivity contribution in [3.8, 4) is 6.07 Å². The first-order valence-corrected chi connectivity index (χ1v) is 6.62. The number of halogens is 4. The lowest BCUT2D eigenvalue weighted by molar-refractivity contribution is -0.137. The van der Waals surface area contributed by atoms with E-state index in [1.54, 1.807) is 0 Å². The third kappa shape index (κ3) is 4.11. The molecule has 5 nitrogen and oxygen atoms in total. The third-order valence-corrected chi connectivity index (χ3v) is 3.11. The van der Waals surface area contributed by atoms with Crippen molar-refractivity contribution >= 4 is 11.6 Å². The summed E-state index contributed by atoms with van der Waals surface area (Å²) in [5, 5.41) is 20.6. The van der Waals surface area contributed by atoms with Crippen molar-refractivity contribution in [2.24, 2.45) is 0 Å². The van der Waals surface area contributed by atoms with Gasteiger partial charge in [-0.2, -0.15) is 18.4 Å². The summed E-state index contributed by atoms with van der Waals surface area (Å²) < 4.78 is 52.6. The van der Waals surface area contributed by atoms with Gasteiger partial charge in [-0.25, -0.2) is 4.39 Å². The standard InChI is InChI=1S/C15H11F4N3O2/c16-10-3-4-22(7-10)8-13(23)14(24)21-11-2-1-9(6-20)12(5-11)15(17,18)19/h1-5,7,13,23H,8H2,(H,21,24)/t13-/m0/s1. The largest absolute Gasteiger partial charge is 0.417 e. The third-order valence-electron chi connectivity index (χ3n) is 3.11. The average molecular weight is 341 g/mol. The van der Waals surface area contributed by atoms with E-state index < -0.39 is 35.1 Å². The Bertz CT molecular complexity index is 793. The molecule has 0 fully saturated rings. The molecule has 0 saturated heterocycles. The molecule has 0 spiro atoms. The van der Waals surface area contributed by atoms with Crippen LogP contribution in [0.1, 0.15) is 11.1 Å². The molecule has 0 aliphatic heterocycles. The summed E-state index contributed by atoms with van der Waals surface area (Å²) in [5.41, 5.74) is -1.99. The molecule has 1 amide bonds. The molecule has 0 bridgehead atoms. The highest BCUT2D eigenvalue weighted by atomic mass is 19.4. The van der Waals surface area contributed by atoms with E-state index in [4.69, 9.17) is 5.26 Å². The van der Waals surface area contributed by atoms with Crippen molar-refractivity contribution in [2.45, 2.75) is 18.8 Å². The van der Waals surface area contributed by atoms with Crippen LogP contribution < -0.4 is 5.32 Å². The summed E-state index contributed by atoms with van der Waals surface area (Å²) in [4.78, 5) is 11.8. The molecule has 0 aliphatic carbocycles. The predicted octanol–water partition coefficient (Wildman–Crippen LogP) is 2.52. The Balaban J connectivity index is 2.12.